The summed E-state index contributed by atoms with van der Waals surface area (Å²) < 4.78 is 5.39. The van der Waals surface area contributed by atoms with Crippen molar-refractivity contribution >= 4 is 11.6 Å². The summed E-state index contributed by atoms with van der Waals surface area (Å²) in [6.45, 7) is 2.94. The Balaban J connectivity index is 2.29. The molecule has 106 valence electrons. The number of aromatic nitrogens is 2. The summed E-state index contributed by atoms with van der Waals surface area (Å²) in [5.41, 5.74) is 2.14. The van der Waals surface area contributed by atoms with Gasteiger partial charge >= 0.3 is 0 Å². The number of methoxy groups -OCH3 is 1. The van der Waals surface area contributed by atoms with Crippen LogP contribution >= 0.6 is 11.6 Å². The van der Waals surface area contributed by atoms with E-state index in [0.717, 1.165) is 29.8 Å². The van der Waals surface area contributed by atoms with Gasteiger partial charge in [-0.05, 0) is 30.7 Å². The molecule has 0 fully saturated rings. The Hall–Kier alpha value is -1.65. The number of nitrogens with zero attached hydrogens (tertiary/aromatic N) is 2. The van der Waals surface area contributed by atoms with Crippen molar-refractivity contribution in [3.05, 3.63) is 53.1 Å². The second kappa shape index (κ2) is 7.22. The fourth-order valence-corrected chi connectivity index (χ4v) is 2.37. The van der Waals surface area contributed by atoms with Gasteiger partial charge in [-0.25, -0.2) is 0 Å². The Morgan fingerprint density at radius 1 is 1.25 bits per heavy atom. The van der Waals surface area contributed by atoms with Crippen LogP contribution in [0.3, 0.4) is 0 Å². The quantitative estimate of drug-likeness (QED) is 0.889. The van der Waals surface area contributed by atoms with E-state index in [-0.39, 0.29) is 6.04 Å². The molecule has 2 heterocycles. The lowest BCUT2D eigenvalue weighted by Gasteiger charge is -2.21. The Morgan fingerprint density at radius 3 is 2.70 bits per heavy atom. The highest BCUT2D eigenvalue weighted by molar-refractivity contribution is 6.31. The fraction of sp³-hybridized carbons (Fsp3) is 0.333. The van der Waals surface area contributed by atoms with Gasteiger partial charge in [-0.1, -0.05) is 18.5 Å². The molecule has 0 aliphatic heterocycles. The highest BCUT2D eigenvalue weighted by Crippen LogP contribution is 2.28. The van der Waals surface area contributed by atoms with Crippen molar-refractivity contribution in [2.45, 2.75) is 19.4 Å². The van der Waals surface area contributed by atoms with E-state index in [9.17, 15) is 0 Å². The summed E-state index contributed by atoms with van der Waals surface area (Å²) >= 11 is 6.20. The van der Waals surface area contributed by atoms with Crippen molar-refractivity contribution in [1.82, 2.24) is 15.3 Å². The van der Waals surface area contributed by atoms with Crippen LogP contribution in [0.2, 0.25) is 5.02 Å². The van der Waals surface area contributed by atoms with Crippen LogP contribution in [0.4, 0.5) is 0 Å². The number of ether oxygens (including phenoxy) is 1. The normalized spacial score (nSPS) is 12.2. The van der Waals surface area contributed by atoms with Crippen LogP contribution < -0.4 is 10.1 Å². The van der Waals surface area contributed by atoms with Crippen LogP contribution in [0.15, 0.2) is 36.9 Å². The van der Waals surface area contributed by atoms with E-state index >= 15 is 0 Å². The zero-order chi connectivity index (χ0) is 14.4. The molecule has 0 saturated carbocycles. The van der Waals surface area contributed by atoms with E-state index in [2.05, 4.69) is 22.2 Å². The first-order valence-corrected chi connectivity index (χ1v) is 6.93. The summed E-state index contributed by atoms with van der Waals surface area (Å²) in [6.07, 6.45) is 7.71. The van der Waals surface area contributed by atoms with E-state index in [0.29, 0.717) is 5.02 Å². The Bertz CT molecular complexity index is 562. The predicted octanol–water partition coefficient (Wildman–Crippen LogP) is 3.03. The number of nitrogens with one attached hydrogen (secondary N) is 1. The number of rotatable bonds is 6. The molecule has 1 atom stereocenters. The van der Waals surface area contributed by atoms with Crippen molar-refractivity contribution in [3.8, 4) is 5.75 Å². The van der Waals surface area contributed by atoms with Crippen LogP contribution in [0, 0.1) is 0 Å². The average molecular weight is 292 g/mol. The van der Waals surface area contributed by atoms with Gasteiger partial charge in [0.1, 0.15) is 5.75 Å². The van der Waals surface area contributed by atoms with Crippen molar-refractivity contribution in [3.63, 3.8) is 0 Å². The standard InChI is InChI=1S/C15H18ClN3O/c1-3-19-14(8-11-4-6-17-9-13(11)16)12-5-7-18-10-15(12)20-2/h4-7,9-10,14,19H,3,8H2,1-2H3. The van der Waals surface area contributed by atoms with Crippen LogP contribution in [0.5, 0.6) is 5.75 Å². The highest BCUT2D eigenvalue weighted by atomic mass is 35.5. The third-order valence-electron chi connectivity index (χ3n) is 3.14. The molecule has 0 aromatic carbocycles. The minimum atomic E-state index is 0.123. The first kappa shape index (κ1) is 14.8. The van der Waals surface area contributed by atoms with Crippen molar-refractivity contribution in [1.29, 1.82) is 0 Å². The van der Waals surface area contributed by atoms with Gasteiger partial charge in [0, 0.05) is 30.2 Å². The van der Waals surface area contributed by atoms with Gasteiger partial charge in [-0.2, -0.15) is 0 Å². The average Bonchev–Trinajstić information content (AvgIpc) is 2.49. The van der Waals surface area contributed by atoms with Crippen LogP contribution in [0.25, 0.3) is 0 Å². The summed E-state index contributed by atoms with van der Waals surface area (Å²) in [7, 11) is 1.66. The van der Waals surface area contributed by atoms with Crippen LogP contribution in [-0.2, 0) is 6.42 Å². The van der Waals surface area contributed by atoms with E-state index < -0.39 is 0 Å². The minimum Gasteiger partial charge on any atom is -0.495 e. The van der Waals surface area contributed by atoms with Crippen LogP contribution in [0.1, 0.15) is 24.1 Å². The molecular weight excluding hydrogens is 274 g/mol. The zero-order valence-electron chi connectivity index (χ0n) is 11.6. The summed E-state index contributed by atoms with van der Waals surface area (Å²) in [5.74, 6) is 0.781. The van der Waals surface area contributed by atoms with Gasteiger partial charge in [-0.3, -0.25) is 9.97 Å². The number of pyridine rings is 2. The molecular formula is C15H18ClN3O. The van der Waals surface area contributed by atoms with E-state index in [1.807, 2.05) is 12.1 Å². The fourth-order valence-electron chi connectivity index (χ4n) is 2.18. The molecule has 1 unspecified atom stereocenters. The summed E-state index contributed by atoms with van der Waals surface area (Å²) in [4.78, 5) is 8.11. The molecule has 0 aliphatic carbocycles. The molecule has 1 N–H and O–H groups in total. The molecule has 20 heavy (non-hydrogen) atoms. The summed E-state index contributed by atoms with van der Waals surface area (Å²) in [6, 6.07) is 4.04. The molecule has 4 nitrogen and oxygen atoms in total. The van der Waals surface area contributed by atoms with Gasteiger partial charge in [0.25, 0.3) is 0 Å². The van der Waals surface area contributed by atoms with Gasteiger partial charge in [0.15, 0.2) is 0 Å². The number of hydrogen-bond acceptors (Lipinski definition) is 4. The van der Waals surface area contributed by atoms with Gasteiger partial charge < -0.3 is 10.1 Å². The maximum atomic E-state index is 6.20. The molecule has 0 radical (unpaired) electrons. The van der Waals surface area contributed by atoms with E-state index in [1.54, 1.807) is 31.9 Å². The maximum Gasteiger partial charge on any atom is 0.141 e. The van der Waals surface area contributed by atoms with Crippen molar-refractivity contribution in [2.75, 3.05) is 13.7 Å². The largest absolute Gasteiger partial charge is 0.495 e. The van der Waals surface area contributed by atoms with Gasteiger partial charge in [0.05, 0.1) is 18.3 Å². The predicted molar refractivity (Wildman–Crippen MR) is 80.2 cm³/mol. The van der Waals surface area contributed by atoms with Gasteiger partial charge in [0.2, 0.25) is 0 Å². The first-order valence-electron chi connectivity index (χ1n) is 6.56. The lowest BCUT2D eigenvalue weighted by molar-refractivity contribution is 0.397. The molecule has 2 aromatic heterocycles. The Labute approximate surface area is 124 Å². The van der Waals surface area contributed by atoms with E-state index in [1.165, 1.54) is 0 Å². The lowest BCUT2D eigenvalue weighted by Crippen LogP contribution is -2.23. The van der Waals surface area contributed by atoms with E-state index in [4.69, 9.17) is 16.3 Å². The molecule has 0 spiro atoms. The topological polar surface area (TPSA) is 47.0 Å². The monoisotopic (exact) mass is 291 g/mol. The number of hydrogen-bond donors (Lipinski definition) is 1. The molecule has 0 bridgehead atoms. The maximum absolute atomic E-state index is 6.20. The third kappa shape index (κ3) is 3.46. The van der Waals surface area contributed by atoms with Crippen molar-refractivity contribution in [2.24, 2.45) is 0 Å². The van der Waals surface area contributed by atoms with Crippen molar-refractivity contribution < 1.29 is 4.74 Å². The molecule has 5 heteroatoms. The molecule has 0 amide bonds. The zero-order valence-corrected chi connectivity index (χ0v) is 12.4. The second-order valence-electron chi connectivity index (χ2n) is 4.40. The van der Waals surface area contributed by atoms with Gasteiger partial charge in [-0.15, -0.1) is 0 Å². The Morgan fingerprint density at radius 2 is 2.00 bits per heavy atom. The third-order valence-corrected chi connectivity index (χ3v) is 3.48. The molecule has 0 saturated heterocycles. The SMILES string of the molecule is CCNC(Cc1ccncc1Cl)c1ccncc1OC. The summed E-state index contributed by atoms with van der Waals surface area (Å²) in [5, 5.41) is 4.15. The second-order valence-corrected chi connectivity index (χ2v) is 4.81. The number of halogens is 1. The molecule has 2 rings (SSSR count). The highest BCUT2D eigenvalue weighted by Gasteiger charge is 2.17. The molecule has 0 aliphatic rings. The Kier molecular flexibility index (Phi) is 5.32. The lowest BCUT2D eigenvalue weighted by atomic mass is 9.99. The first-order chi connectivity index (χ1) is 9.76. The minimum absolute atomic E-state index is 0.123. The number of likely N-dealkylation sites (N-methyl/N-ethyl adjacent to an activating group) is 1. The molecule has 2 aromatic rings. The van der Waals surface area contributed by atoms with Crippen LogP contribution in [-0.4, -0.2) is 23.6 Å². The smallest absolute Gasteiger partial charge is 0.141 e.